The van der Waals surface area contributed by atoms with Crippen LogP contribution in [0, 0.1) is 0 Å². The summed E-state index contributed by atoms with van der Waals surface area (Å²) in [7, 11) is -3.68. The van der Waals surface area contributed by atoms with Gasteiger partial charge in [-0.25, -0.2) is 0 Å². The Labute approximate surface area is 79.5 Å². The van der Waals surface area contributed by atoms with Gasteiger partial charge in [0.05, 0.1) is 0 Å². The Balaban J connectivity index is -0.000000125. The Hall–Kier alpha value is 1.64. The molecule has 0 fully saturated rings. The molecule has 0 aromatic rings. The minimum absolute atomic E-state index is 0. The SMILES string of the molecule is O=S(=O)(O)CI.[H-].[Na+]. The predicted molar refractivity (Wildman–Crippen MR) is 31.5 cm³/mol. The zero-order chi connectivity index (χ0) is 5.21. The van der Waals surface area contributed by atoms with E-state index in [0.717, 1.165) is 0 Å². The molecule has 3 nitrogen and oxygen atoms in total. The van der Waals surface area contributed by atoms with Crippen molar-refractivity contribution >= 4 is 32.7 Å². The molecule has 40 valence electrons. The monoisotopic (exact) mass is 246 g/mol. The summed E-state index contributed by atoms with van der Waals surface area (Å²) in [6, 6.07) is 0. The molecule has 6 heteroatoms. The zero-order valence-corrected chi connectivity index (χ0v) is 8.73. The van der Waals surface area contributed by atoms with Gasteiger partial charge in [0, 0.05) is 0 Å². The third-order valence-electron chi connectivity index (χ3n) is 0.138. The predicted octanol–water partition coefficient (Wildman–Crippen LogP) is -2.62. The first kappa shape index (κ1) is 11.4. The molecule has 0 saturated carbocycles. The van der Waals surface area contributed by atoms with Crippen LogP contribution >= 0.6 is 22.6 Å². The van der Waals surface area contributed by atoms with Gasteiger partial charge in [-0.15, -0.1) is 0 Å². The Morgan fingerprint density at radius 2 is 1.86 bits per heavy atom. The fourth-order valence-electron chi connectivity index (χ4n) is 0. The zero-order valence-electron chi connectivity index (χ0n) is 4.76. The summed E-state index contributed by atoms with van der Waals surface area (Å²) in [5, 5.41) is 0. The van der Waals surface area contributed by atoms with Gasteiger partial charge in [-0.2, -0.15) is 8.42 Å². The van der Waals surface area contributed by atoms with Gasteiger partial charge in [-0.1, -0.05) is 22.6 Å². The van der Waals surface area contributed by atoms with E-state index in [1.807, 2.05) is 0 Å². The van der Waals surface area contributed by atoms with Gasteiger partial charge in [0.25, 0.3) is 10.1 Å². The van der Waals surface area contributed by atoms with Crippen LogP contribution in [-0.4, -0.2) is 16.7 Å². The van der Waals surface area contributed by atoms with E-state index in [1.54, 1.807) is 22.6 Å². The van der Waals surface area contributed by atoms with Crippen molar-refractivity contribution < 1.29 is 44.0 Å². The molecule has 0 aliphatic heterocycles. The van der Waals surface area contributed by atoms with Crippen LogP contribution in [0.25, 0.3) is 0 Å². The summed E-state index contributed by atoms with van der Waals surface area (Å²) in [6.45, 7) is 0. The van der Waals surface area contributed by atoms with E-state index in [1.165, 1.54) is 0 Å². The first-order valence-corrected chi connectivity index (χ1v) is 4.21. The van der Waals surface area contributed by atoms with Gasteiger partial charge < -0.3 is 1.43 Å². The van der Waals surface area contributed by atoms with E-state index in [2.05, 4.69) is 0 Å². The van der Waals surface area contributed by atoms with Crippen LogP contribution in [0.15, 0.2) is 0 Å². The minimum Gasteiger partial charge on any atom is -1.00 e. The van der Waals surface area contributed by atoms with Crippen LogP contribution < -0.4 is 29.6 Å². The summed E-state index contributed by atoms with van der Waals surface area (Å²) >= 11 is 1.56. The second kappa shape index (κ2) is 4.51. The van der Waals surface area contributed by atoms with Crippen molar-refractivity contribution in [3.8, 4) is 0 Å². The molecular formula is CH4INaO3S. The minimum atomic E-state index is -3.68. The average Bonchev–Trinajstić information content (AvgIpc) is 1.35. The van der Waals surface area contributed by atoms with E-state index in [9.17, 15) is 8.42 Å². The summed E-state index contributed by atoms with van der Waals surface area (Å²) in [5.41, 5.74) is 0. The van der Waals surface area contributed by atoms with E-state index in [0.29, 0.717) is 0 Å². The molecule has 0 saturated heterocycles. The van der Waals surface area contributed by atoms with Crippen molar-refractivity contribution in [1.82, 2.24) is 0 Å². The second-order valence-corrected chi connectivity index (χ2v) is 3.94. The molecule has 0 unspecified atom stereocenters. The van der Waals surface area contributed by atoms with Crippen LogP contribution in [-0.2, 0) is 10.1 Å². The Kier molecular flexibility index (Phi) is 7.37. The van der Waals surface area contributed by atoms with Crippen molar-refractivity contribution in [3.63, 3.8) is 0 Å². The maximum absolute atomic E-state index is 9.55. The average molecular weight is 246 g/mol. The molecule has 0 radical (unpaired) electrons. The molecule has 0 aliphatic carbocycles. The van der Waals surface area contributed by atoms with Gasteiger partial charge in [-0.3, -0.25) is 4.55 Å². The standard InChI is InChI=1S/CH3IO3S.Na.H/c2-1-6(3,4)5;;/h1H2,(H,3,4,5);;/q;+1;-1. The fourth-order valence-corrected chi connectivity index (χ4v) is 0. The van der Waals surface area contributed by atoms with E-state index >= 15 is 0 Å². The van der Waals surface area contributed by atoms with Gasteiger partial charge in [0.15, 0.2) is 0 Å². The Morgan fingerprint density at radius 3 is 1.86 bits per heavy atom. The van der Waals surface area contributed by atoms with Gasteiger partial charge in [-0.05, 0) is 0 Å². The van der Waals surface area contributed by atoms with Gasteiger partial charge in [0.2, 0.25) is 0 Å². The van der Waals surface area contributed by atoms with Crippen molar-refractivity contribution in [1.29, 1.82) is 0 Å². The molecule has 0 aromatic carbocycles. The third-order valence-corrected chi connectivity index (χ3v) is 2.77. The molecule has 0 aliphatic rings. The molecule has 0 spiro atoms. The van der Waals surface area contributed by atoms with Gasteiger partial charge >= 0.3 is 29.6 Å². The first-order valence-electron chi connectivity index (χ1n) is 1.07. The first-order chi connectivity index (χ1) is 2.56. The quantitative estimate of drug-likeness (QED) is 0.238. The van der Waals surface area contributed by atoms with Crippen molar-refractivity contribution in [3.05, 3.63) is 0 Å². The maximum Gasteiger partial charge on any atom is 1.00 e. The fraction of sp³-hybridized carbons (Fsp3) is 1.00. The number of hydrogen-bond donors (Lipinski definition) is 1. The molecule has 0 heterocycles. The third kappa shape index (κ3) is 11.3. The summed E-state index contributed by atoms with van der Waals surface area (Å²) in [5.74, 6) is 0. The molecule has 7 heavy (non-hydrogen) atoms. The Morgan fingerprint density at radius 1 is 1.71 bits per heavy atom. The van der Waals surface area contributed by atoms with E-state index in [-0.39, 0.29) is 34.7 Å². The van der Waals surface area contributed by atoms with Crippen LogP contribution in [0.4, 0.5) is 0 Å². The molecule has 1 N–H and O–H groups in total. The van der Waals surface area contributed by atoms with Crippen LogP contribution in [0.2, 0.25) is 0 Å². The second-order valence-electron chi connectivity index (χ2n) is 0.691. The molecule has 0 aromatic heterocycles. The van der Waals surface area contributed by atoms with Gasteiger partial charge in [0.1, 0.15) is 3.76 Å². The maximum atomic E-state index is 9.55. The van der Waals surface area contributed by atoms with Crippen LogP contribution in [0.3, 0.4) is 0 Å². The molecule has 0 atom stereocenters. The van der Waals surface area contributed by atoms with Crippen LogP contribution in [0.1, 0.15) is 1.43 Å². The summed E-state index contributed by atoms with van der Waals surface area (Å²) in [6.07, 6.45) is 0. The Bertz CT molecular complexity index is 121. The summed E-state index contributed by atoms with van der Waals surface area (Å²) < 4.78 is 26.7. The molecular weight excluding hydrogens is 242 g/mol. The molecule has 0 bridgehead atoms. The van der Waals surface area contributed by atoms with Crippen molar-refractivity contribution in [2.24, 2.45) is 0 Å². The van der Waals surface area contributed by atoms with E-state index in [4.69, 9.17) is 4.55 Å². The van der Waals surface area contributed by atoms with Crippen molar-refractivity contribution in [2.75, 3.05) is 3.76 Å². The largest absolute Gasteiger partial charge is 1.00 e. The topological polar surface area (TPSA) is 54.4 Å². The van der Waals surface area contributed by atoms with Crippen molar-refractivity contribution in [2.45, 2.75) is 0 Å². The number of rotatable bonds is 1. The number of halogens is 1. The number of alkyl halides is 1. The smallest absolute Gasteiger partial charge is 1.00 e. The normalized spacial score (nSPS) is 10.0. The summed E-state index contributed by atoms with van der Waals surface area (Å²) in [4.78, 5) is 0. The molecule has 0 amide bonds. The van der Waals surface area contributed by atoms with E-state index < -0.39 is 10.1 Å². The van der Waals surface area contributed by atoms with Crippen LogP contribution in [0.5, 0.6) is 0 Å². The molecule has 0 rings (SSSR count). The number of hydrogen-bond acceptors (Lipinski definition) is 2.